The molecule has 0 saturated carbocycles. The van der Waals surface area contributed by atoms with Crippen molar-refractivity contribution in [3.8, 4) is 0 Å². The molecule has 0 rings (SSSR count). The van der Waals surface area contributed by atoms with Crippen molar-refractivity contribution in [2.75, 3.05) is 0 Å². The van der Waals surface area contributed by atoms with E-state index in [9.17, 15) is 0 Å². The van der Waals surface area contributed by atoms with Gasteiger partial charge in [0.1, 0.15) is 0 Å². The minimum atomic E-state index is -1.08. The van der Waals surface area contributed by atoms with Gasteiger partial charge in [-0.2, -0.15) is 0 Å². The number of rotatable bonds is 0. The van der Waals surface area contributed by atoms with Crippen LogP contribution in [-0.4, -0.2) is 5.97 Å². The Morgan fingerprint density at radius 3 is 1.80 bits per heavy atom. The molecule has 0 spiro atoms. The Bertz CT molecular complexity index is 30.6. The van der Waals surface area contributed by atoms with Crippen molar-refractivity contribution in [3.05, 3.63) is 0 Å². The van der Waals surface area contributed by atoms with Gasteiger partial charge in [0.15, 0.2) is 0 Å². The van der Waals surface area contributed by atoms with Crippen molar-refractivity contribution < 1.29 is 37.6 Å². The quantitative estimate of drug-likeness (QED) is 0.510. The summed E-state index contributed by atoms with van der Waals surface area (Å²) in [5, 5.41) is 8.89. The van der Waals surface area contributed by atoms with Crippen LogP contribution >= 0.6 is 0 Å². The van der Waals surface area contributed by atoms with Crippen molar-refractivity contribution in [1.82, 2.24) is 0 Å². The van der Waals surface area contributed by atoms with Gasteiger partial charge in [-0.3, -0.25) is 0 Å². The van der Waals surface area contributed by atoms with Gasteiger partial charge in [-0.25, -0.2) is 0 Å². The number of carbonyl (C=O) groups excluding carboxylic acids is 1. The van der Waals surface area contributed by atoms with Crippen LogP contribution in [0.15, 0.2) is 0 Å². The number of carbonyl (C=O) groups is 1. The molecule has 0 aromatic rings. The first kappa shape index (κ1) is 9.05. The summed E-state index contributed by atoms with van der Waals surface area (Å²) in [6.45, 7) is 0.972. The number of carboxylic acid groups (broad SMARTS) is 1. The summed E-state index contributed by atoms with van der Waals surface area (Å²) in [6.07, 6.45) is 0. The normalized spacial score (nSPS) is 5.00. The molecule has 0 aromatic heterocycles. The third kappa shape index (κ3) is 155. The maximum Gasteiger partial charge on any atom is 0.0383 e. The van der Waals surface area contributed by atoms with Crippen LogP contribution in [0.4, 0.5) is 0 Å². The number of aliphatic carboxylic acids is 1. The van der Waals surface area contributed by atoms with Gasteiger partial charge < -0.3 is 9.90 Å². The molecule has 0 aliphatic heterocycles. The Morgan fingerprint density at radius 1 is 1.80 bits per heavy atom. The number of hydrogen-bond donors (Lipinski definition) is 0. The fourth-order valence-electron chi connectivity index (χ4n) is 0. The van der Waals surface area contributed by atoms with Crippen molar-refractivity contribution in [2.45, 2.75) is 6.92 Å². The molecule has 5 heavy (non-hydrogen) atoms. The summed E-state index contributed by atoms with van der Waals surface area (Å²) in [5.41, 5.74) is 0. The van der Waals surface area contributed by atoms with E-state index in [1.54, 1.807) is 0 Å². The van der Waals surface area contributed by atoms with Gasteiger partial charge in [0.05, 0.1) is 0 Å². The molecule has 26 valence electrons. The van der Waals surface area contributed by atoms with E-state index in [1.165, 1.54) is 0 Å². The molecule has 3 heteroatoms. The first-order valence-corrected chi connectivity index (χ1v) is 0.908. The van der Waals surface area contributed by atoms with Crippen molar-refractivity contribution in [1.29, 1.82) is 0 Å². The van der Waals surface area contributed by atoms with Gasteiger partial charge in [0, 0.05) is 33.6 Å². The average Bonchev–Trinajstić information content (AvgIpc) is 0.811. The molecule has 0 bridgehead atoms. The molecule has 0 radical (unpaired) electrons. The minimum absolute atomic E-state index is 0. The number of hydrogen-bond acceptors (Lipinski definition) is 2. The van der Waals surface area contributed by atoms with E-state index in [4.69, 9.17) is 9.90 Å². The van der Waals surface area contributed by atoms with Gasteiger partial charge in [-0.15, -0.1) is 0 Å². The molecule has 0 fully saturated rings. The molecule has 0 aliphatic rings. The van der Waals surface area contributed by atoms with Crippen LogP contribution in [0.2, 0.25) is 0 Å². The predicted octanol–water partition coefficient (Wildman–Crippen LogP) is -1.25. The Balaban J connectivity index is 0. The summed E-state index contributed by atoms with van der Waals surface area (Å²) in [5.74, 6) is -1.08. The predicted molar refractivity (Wildman–Crippen MR) is 10.7 cm³/mol. The van der Waals surface area contributed by atoms with Crippen molar-refractivity contribution in [3.63, 3.8) is 0 Å². The first-order chi connectivity index (χ1) is 1.73. The van der Waals surface area contributed by atoms with Crippen LogP contribution < -0.4 is 5.11 Å². The van der Waals surface area contributed by atoms with E-state index in [-0.39, 0.29) is 27.7 Å². The smallest absolute Gasteiger partial charge is 0.0383 e. The minimum Gasteiger partial charge on any atom is -0.550 e. The van der Waals surface area contributed by atoms with Gasteiger partial charge in [-0.05, 0) is 6.92 Å². The molecule has 0 saturated heterocycles. The molecular formula is C2H3HgO2-. The third-order valence-electron chi connectivity index (χ3n) is 0. The van der Waals surface area contributed by atoms with E-state index in [1.807, 2.05) is 0 Å². The average molecular weight is 260 g/mol. The number of carboxylic acids is 1. The van der Waals surface area contributed by atoms with E-state index in [2.05, 4.69) is 0 Å². The molecule has 0 heterocycles. The van der Waals surface area contributed by atoms with E-state index in [0.717, 1.165) is 6.92 Å². The SMILES string of the molecule is CC(=O)[O-].[Hg]. The second kappa shape index (κ2) is 4.41. The Labute approximate surface area is 50.7 Å². The second-order valence-electron chi connectivity index (χ2n) is 0.492. The van der Waals surface area contributed by atoms with Gasteiger partial charge in [-0.1, -0.05) is 0 Å². The van der Waals surface area contributed by atoms with E-state index < -0.39 is 5.97 Å². The summed E-state index contributed by atoms with van der Waals surface area (Å²) in [6, 6.07) is 0. The maximum atomic E-state index is 8.89. The Hall–Kier alpha value is 0.405. The van der Waals surface area contributed by atoms with Crippen LogP contribution in [0, 0.1) is 0 Å². The molecule has 0 N–H and O–H groups in total. The third-order valence-corrected chi connectivity index (χ3v) is 0. The van der Waals surface area contributed by atoms with E-state index in [0.29, 0.717) is 0 Å². The zero-order valence-electron chi connectivity index (χ0n) is 3.02. The molecule has 0 atom stereocenters. The fourth-order valence-corrected chi connectivity index (χ4v) is 0. The standard InChI is InChI=1S/C2H4O2.Hg/c1-2(3)4;/h1H3,(H,3,4);/p-1. The molecule has 0 unspecified atom stereocenters. The molecule has 0 aromatic carbocycles. The largest absolute Gasteiger partial charge is 0.550 e. The fraction of sp³-hybridized carbons (Fsp3) is 0.500. The van der Waals surface area contributed by atoms with Crippen molar-refractivity contribution in [2.24, 2.45) is 0 Å². The molecule has 0 amide bonds. The van der Waals surface area contributed by atoms with Crippen LogP contribution in [0.3, 0.4) is 0 Å². The summed E-state index contributed by atoms with van der Waals surface area (Å²) in [7, 11) is 0. The second-order valence-corrected chi connectivity index (χ2v) is 0.492. The van der Waals surface area contributed by atoms with Crippen LogP contribution in [-0.2, 0) is 32.5 Å². The Morgan fingerprint density at radius 2 is 1.80 bits per heavy atom. The Kier molecular flexibility index (Phi) is 7.97. The van der Waals surface area contributed by atoms with Crippen LogP contribution in [0.25, 0.3) is 0 Å². The van der Waals surface area contributed by atoms with Gasteiger partial charge >= 0.3 is 0 Å². The van der Waals surface area contributed by atoms with Crippen LogP contribution in [0.5, 0.6) is 0 Å². The molecule has 0 aliphatic carbocycles. The molecule has 2 nitrogen and oxygen atoms in total. The summed E-state index contributed by atoms with van der Waals surface area (Å²) in [4.78, 5) is 8.89. The van der Waals surface area contributed by atoms with Gasteiger partial charge in [0.2, 0.25) is 0 Å². The molecular weight excluding hydrogens is 257 g/mol. The van der Waals surface area contributed by atoms with Crippen molar-refractivity contribution >= 4 is 5.97 Å². The first-order valence-electron chi connectivity index (χ1n) is 0.908. The monoisotopic (exact) mass is 261 g/mol. The zero-order chi connectivity index (χ0) is 3.58. The van der Waals surface area contributed by atoms with Gasteiger partial charge in [0.25, 0.3) is 0 Å². The zero-order valence-corrected chi connectivity index (χ0v) is 8.52. The summed E-state index contributed by atoms with van der Waals surface area (Å²) >= 11 is 0. The maximum absolute atomic E-state index is 8.89. The topological polar surface area (TPSA) is 40.1 Å². The van der Waals surface area contributed by atoms with E-state index >= 15 is 0 Å². The summed E-state index contributed by atoms with van der Waals surface area (Å²) < 4.78 is 0. The van der Waals surface area contributed by atoms with Crippen LogP contribution in [0.1, 0.15) is 6.92 Å².